The lowest BCUT2D eigenvalue weighted by molar-refractivity contribution is 0.872. The van der Waals surface area contributed by atoms with Gasteiger partial charge in [-0.1, -0.05) is 23.9 Å². The topological polar surface area (TPSA) is 37.8 Å². The van der Waals surface area contributed by atoms with E-state index in [2.05, 4.69) is 28.8 Å². The van der Waals surface area contributed by atoms with Crippen molar-refractivity contribution in [3.63, 3.8) is 0 Å². The second kappa shape index (κ2) is 6.01. The minimum absolute atomic E-state index is 0.844. The van der Waals surface area contributed by atoms with Crippen LogP contribution in [0.4, 0.5) is 0 Å². The van der Waals surface area contributed by atoms with Gasteiger partial charge >= 0.3 is 0 Å². The smallest absolute Gasteiger partial charge is 0.188 e. The third kappa shape index (κ3) is 3.61. The van der Waals surface area contributed by atoms with Crippen LogP contribution in [0.1, 0.15) is 17.0 Å². The molecule has 0 bridgehead atoms. The Bertz CT molecular complexity index is 365. The molecule has 4 heteroatoms. The highest BCUT2D eigenvalue weighted by atomic mass is 32.2. The second-order valence-corrected chi connectivity index (χ2v) is 4.81. The number of rotatable bonds is 5. The molecule has 0 aliphatic carbocycles. The number of aryl methyl sites for hydroxylation is 2. The minimum atomic E-state index is 0.844. The van der Waals surface area contributed by atoms with Gasteiger partial charge in [-0.2, -0.15) is 0 Å². The van der Waals surface area contributed by atoms with E-state index in [0.29, 0.717) is 0 Å². The second-order valence-electron chi connectivity index (χ2n) is 3.87. The van der Waals surface area contributed by atoms with Crippen LogP contribution in [0.15, 0.2) is 17.3 Å². The van der Waals surface area contributed by atoms with Gasteiger partial charge in [-0.25, -0.2) is 9.97 Å². The first kappa shape index (κ1) is 13.2. The average Bonchev–Trinajstić information content (AvgIpc) is 2.23. The van der Waals surface area contributed by atoms with E-state index in [4.69, 9.17) is 0 Å². The van der Waals surface area contributed by atoms with E-state index in [1.165, 1.54) is 5.56 Å². The number of hydrogen-bond donors (Lipinski definition) is 1. The Hall–Kier alpha value is -0.870. The van der Waals surface area contributed by atoms with Crippen molar-refractivity contribution in [2.24, 2.45) is 0 Å². The lowest BCUT2D eigenvalue weighted by Crippen LogP contribution is -2.11. The zero-order valence-electron chi connectivity index (χ0n) is 10.4. The van der Waals surface area contributed by atoms with E-state index < -0.39 is 0 Å². The van der Waals surface area contributed by atoms with E-state index in [1.807, 2.05) is 20.9 Å². The van der Waals surface area contributed by atoms with Gasteiger partial charge in [0.05, 0.1) is 0 Å². The van der Waals surface area contributed by atoms with E-state index in [9.17, 15) is 0 Å². The lowest BCUT2D eigenvalue weighted by atomic mass is 10.2. The summed E-state index contributed by atoms with van der Waals surface area (Å²) in [4.78, 5) is 8.91. The Balaban J connectivity index is 2.65. The van der Waals surface area contributed by atoms with Gasteiger partial charge < -0.3 is 5.32 Å². The van der Waals surface area contributed by atoms with Gasteiger partial charge in [-0.15, -0.1) is 0 Å². The zero-order chi connectivity index (χ0) is 12.1. The predicted octanol–water partition coefficient (Wildman–Crippen LogP) is 2.27. The predicted molar refractivity (Wildman–Crippen MR) is 70.0 cm³/mol. The van der Waals surface area contributed by atoms with Gasteiger partial charge in [0.2, 0.25) is 0 Å². The van der Waals surface area contributed by atoms with Crippen molar-refractivity contribution in [3.8, 4) is 0 Å². The van der Waals surface area contributed by atoms with Crippen LogP contribution in [0.25, 0.3) is 0 Å². The number of likely N-dealkylation sites (N-methyl/N-ethyl adjacent to an activating group) is 1. The minimum Gasteiger partial charge on any atom is -0.316 e. The molecule has 0 radical (unpaired) electrons. The van der Waals surface area contributed by atoms with Crippen molar-refractivity contribution in [1.82, 2.24) is 15.3 Å². The highest BCUT2D eigenvalue weighted by Gasteiger charge is 2.05. The van der Waals surface area contributed by atoms with Crippen molar-refractivity contribution in [3.05, 3.63) is 29.1 Å². The molecule has 0 fully saturated rings. The summed E-state index contributed by atoms with van der Waals surface area (Å²) in [5, 5.41) is 3.93. The first-order valence-electron chi connectivity index (χ1n) is 5.30. The first-order valence-corrected chi connectivity index (χ1v) is 6.29. The molecule has 0 unspecified atom stereocenters. The van der Waals surface area contributed by atoms with Crippen molar-refractivity contribution in [1.29, 1.82) is 0 Å². The normalized spacial score (nSPS) is 10.5. The number of hydrogen-bond acceptors (Lipinski definition) is 4. The maximum atomic E-state index is 4.46. The maximum Gasteiger partial charge on any atom is 0.188 e. The Kier molecular flexibility index (Phi) is 4.96. The fourth-order valence-electron chi connectivity index (χ4n) is 1.27. The third-order valence-electron chi connectivity index (χ3n) is 2.44. The molecule has 0 amide bonds. The summed E-state index contributed by atoms with van der Waals surface area (Å²) in [5.41, 5.74) is 4.47. The molecule has 0 aromatic carbocycles. The van der Waals surface area contributed by atoms with Crippen LogP contribution < -0.4 is 5.32 Å². The molecule has 0 saturated carbocycles. The van der Waals surface area contributed by atoms with E-state index in [1.54, 1.807) is 11.8 Å². The average molecular weight is 237 g/mol. The fraction of sp³-hybridized carbons (Fsp3) is 0.500. The van der Waals surface area contributed by atoms with E-state index in [-0.39, 0.29) is 0 Å². The van der Waals surface area contributed by atoms with Crippen LogP contribution in [0.3, 0.4) is 0 Å². The van der Waals surface area contributed by atoms with Crippen LogP contribution in [0, 0.1) is 20.8 Å². The molecule has 1 heterocycles. The van der Waals surface area contributed by atoms with Gasteiger partial charge in [0.1, 0.15) is 0 Å². The van der Waals surface area contributed by atoms with Gasteiger partial charge in [-0.3, -0.25) is 0 Å². The quantitative estimate of drug-likeness (QED) is 0.484. The molecule has 1 rings (SSSR count). The monoisotopic (exact) mass is 237 g/mol. The summed E-state index contributed by atoms with van der Waals surface area (Å²) >= 11 is 1.64. The van der Waals surface area contributed by atoms with E-state index in [0.717, 1.165) is 34.4 Å². The third-order valence-corrected chi connectivity index (χ3v) is 3.44. The molecule has 0 atom stereocenters. The van der Waals surface area contributed by atoms with Gasteiger partial charge in [0, 0.05) is 23.7 Å². The van der Waals surface area contributed by atoms with Crippen molar-refractivity contribution in [2.45, 2.75) is 25.9 Å². The van der Waals surface area contributed by atoms with Crippen LogP contribution in [0.2, 0.25) is 0 Å². The van der Waals surface area contributed by atoms with Gasteiger partial charge in [0.25, 0.3) is 0 Å². The molecule has 0 aliphatic rings. The number of nitrogens with zero attached hydrogens (tertiary/aromatic N) is 2. The molecule has 1 N–H and O–H groups in total. The molecule has 1 aromatic heterocycles. The highest BCUT2D eigenvalue weighted by Crippen LogP contribution is 2.18. The summed E-state index contributed by atoms with van der Waals surface area (Å²) < 4.78 is 0. The molecule has 0 aliphatic heterocycles. The first-order chi connectivity index (χ1) is 7.54. The fourth-order valence-corrected chi connectivity index (χ4v) is 2.11. The Morgan fingerprint density at radius 2 is 1.81 bits per heavy atom. The van der Waals surface area contributed by atoms with Crippen LogP contribution in [-0.2, 0) is 0 Å². The summed E-state index contributed by atoms with van der Waals surface area (Å²) in [7, 11) is 1.92. The number of nitrogens with one attached hydrogen (secondary N) is 1. The zero-order valence-corrected chi connectivity index (χ0v) is 11.2. The maximum absolute atomic E-state index is 4.46. The van der Waals surface area contributed by atoms with E-state index >= 15 is 0 Å². The summed E-state index contributed by atoms with van der Waals surface area (Å²) in [6, 6.07) is 0. The SMILES string of the molecule is C=C(CNC)CSc1nc(C)c(C)c(C)n1. The van der Waals surface area contributed by atoms with Crippen molar-refractivity contribution in [2.75, 3.05) is 19.3 Å². The number of thioether (sulfide) groups is 1. The molecule has 0 spiro atoms. The van der Waals surface area contributed by atoms with Crippen LogP contribution in [0.5, 0.6) is 0 Å². The number of aromatic nitrogens is 2. The molecule has 3 nitrogen and oxygen atoms in total. The van der Waals surface area contributed by atoms with Crippen LogP contribution >= 0.6 is 11.8 Å². The largest absolute Gasteiger partial charge is 0.316 e. The molecule has 1 aromatic rings. The van der Waals surface area contributed by atoms with Crippen LogP contribution in [-0.4, -0.2) is 29.3 Å². The summed E-state index contributed by atoms with van der Waals surface area (Å²) in [6.45, 7) is 10.9. The Labute approximate surface area is 102 Å². The molecular weight excluding hydrogens is 218 g/mol. The molecular formula is C12H19N3S. The lowest BCUT2D eigenvalue weighted by Gasteiger charge is -2.07. The molecule has 16 heavy (non-hydrogen) atoms. The molecule has 0 saturated heterocycles. The molecule has 88 valence electrons. The van der Waals surface area contributed by atoms with Crippen molar-refractivity contribution < 1.29 is 0 Å². The highest BCUT2D eigenvalue weighted by molar-refractivity contribution is 7.99. The van der Waals surface area contributed by atoms with Gasteiger partial charge in [-0.05, 0) is 33.4 Å². The summed E-state index contributed by atoms with van der Waals surface area (Å²) in [5.74, 6) is 0.864. The standard InChI is InChI=1S/C12H19N3S/c1-8(6-13-5)7-16-12-14-10(3)9(2)11(4)15-12/h13H,1,6-7H2,2-5H3. The Morgan fingerprint density at radius 3 is 2.31 bits per heavy atom. The Morgan fingerprint density at radius 1 is 1.25 bits per heavy atom. The van der Waals surface area contributed by atoms with Gasteiger partial charge in [0.15, 0.2) is 5.16 Å². The summed E-state index contributed by atoms with van der Waals surface area (Å²) in [6.07, 6.45) is 0. The van der Waals surface area contributed by atoms with Crippen molar-refractivity contribution >= 4 is 11.8 Å².